The highest BCUT2D eigenvalue weighted by atomic mass is 16.6. The number of nitrogens with zero attached hydrogens (tertiary/aromatic N) is 1. The van der Waals surface area contributed by atoms with Gasteiger partial charge in [-0.05, 0) is 11.1 Å². The van der Waals surface area contributed by atoms with Crippen molar-refractivity contribution >= 4 is 6.08 Å². The minimum atomic E-state index is 0.582. The van der Waals surface area contributed by atoms with Gasteiger partial charge in [-0.2, -0.15) is 0 Å². The van der Waals surface area contributed by atoms with Crippen LogP contribution in [-0.4, -0.2) is 84.1 Å². The lowest BCUT2D eigenvalue weighted by atomic mass is 10.1. The molecule has 6 heteroatoms. The third-order valence-corrected chi connectivity index (χ3v) is 4.21. The molecule has 1 fully saturated rings. The third-order valence-electron chi connectivity index (χ3n) is 4.21. The van der Waals surface area contributed by atoms with Gasteiger partial charge in [-0.3, -0.25) is 4.90 Å². The van der Waals surface area contributed by atoms with Crippen LogP contribution in [0.25, 0.3) is 6.08 Å². The van der Waals surface area contributed by atoms with Crippen LogP contribution in [0.2, 0.25) is 0 Å². The Balaban J connectivity index is 1.78. The first-order valence-corrected chi connectivity index (χ1v) is 9.71. The van der Waals surface area contributed by atoms with E-state index in [1.54, 1.807) is 0 Å². The van der Waals surface area contributed by atoms with Crippen molar-refractivity contribution in [1.82, 2.24) is 4.90 Å². The lowest BCUT2D eigenvalue weighted by molar-refractivity contribution is -0.0189. The van der Waals surface area contributed by atoms with E-state index in [1.807, 2.05) is 6.08 Å². The predicted molar refractivity (Wildman–Crippen MR) is 106 cm³/mol. The van der Waals surface area contributed by atoms with Crippen LogP contribution in [0.4, 0.5) is 0 Å². The van der Waals surface area contributed by atoms with Gasteiger partial charge in [0.05, 0.1) is 66.1 Å². The molecule has 0 aliphatic carbocycles. The second-order valence-electron chi connectivity index (χ2n) is 6.28. The van der Waals surface area contributed by atoms with Gasteiger partial charge in [0.15, 0.2) is 0 Å². The maximum Gasteiger partial charge on any atom is 0.0701 e. The average Bonchev–Trinajstić information content (AvgIpc) is 2.70. The van der Waals surface area contributed by atoms with E-state index in [0.717, 1.165) is 25.2 Å². The van der Waals surface area contributed by atoms with E-state index in [9.17, 15) is 0 Å². The lowest BCUT2D eigenvalue weighted by Crippen LogP contribution is -2.31. The fraction of sp³-hybridized carbons (Fsp3) is 0.619. The Morgan fingerprint density at radius 1 is 0.667 bits per heavy atom. The highest BCUT2D eigenvalue weighted by molar-refractivity contribution is 5.47. The summed E-state index contributed by atoms with van der Waals surface area (Å²) in [7, 11) is 0. The zero-order valence-electron chi connectivity index (χ0n) is 16.3. The van der Waals surface area contributed by atoms with Gasteiger partial charge >= 0.3 is 0 Å². The molecular formula is C21H33NO5. The molecule has 0 radical (unpaired) electrons. The second-order valence-corrected chi connectivity index (χ2v) is 6.28. The first-order valence-electron chi connectivity index (χ1n) is 9.71. The summed E-state index contributed by atoms with van der Waals surface area (Å²) in [6.45, 7) is 12.4. The number of rotatable bonds is 3. The van der Waals surface area contributed by atoms with Crippen LogP contribution >= 0.6 is 0 Å². The van der Waals surface area contributed by atoms with Crippen LogP contribution in [0.1, 0.15) is 11.1 Å². The average molecular weight is 379 g/mol. The molecule has 0 amide bonds. The Hall–Kier alpha value is -1.28. The summed E-state index contributed by atoms with van der Waals surface area (Å²) >= 11 is 0. The van der Waals surface area contributed by atoms with Crippen molar-refractivity contribution in [2.75, 3.05) is 79.2 Å². The van der Waals surface area contributed by atoms with Crippen molar-refractivity contribution in [3.63, 3.8) is 0 Å². The molecule has 152 valence electrons. The maximum absolute atomic E-state index is 5.70. The molecular weight excluding hydrogens is 346 g/mol. The molecule has 0 N–H and O–H groups in total. The van der Waals surface area contributed by atoms with Gasteiger partial charge in [0, 0.05) is 19.6 Å². The van der Waals surface area contributed by atoms with Crippen molar-refractivity contribution in [3.05, 3.63) is 42.0 Å². The first-order chi connectivity index (χ1) is 13.4. The molecule has 1 aliphatic heterocycles. The van der Waals surface area contributed by atoms with Gasteiger partial charge < -0.3 is 23.7 Å². The standard InChI is InChI=1S/C21H33NO5/c1-2-20-3-5-21(6-4-20)19-22-7-9-23-11-13-25-15-17-27-18-16-26-14-12-24-10-8-22/h2-6H,1,7-19H2. The van der Waals surface area contributed by atoms with Crippen LogP contribution in [0, 0.1) is 0 Å². The fourth-order valence-corrected chi connectivity index (χ4v) is 2.66. The van der Waals surface area contributed by atoms with Gasteiger partial charge in [-0.15, -0.1) is 0 Å². The minimum Gasteiger partial charge on any atom is -0.378 e. The minimum absolute atomic E-state index is 0.582. The molecule has 2 rings (SSSR count). The normalized spacial score (nSPS) is 20.4. The molecule has 1 aromatic carbocycles. The molecule has 6 nitrogen and oxygen atoms in total. The quantitative estimate of drug-likeness (QED) is 0.803. The number of hydrogen-bond donors (Lipinski definition) is 0. The van der Waals surface area contributed by atoms with E-state index < -0.39 is 0 Å². The Kier molecular flexibility index (Phi) is 12.0. The van der Waals surface area contributed by atoms with Gasteiger partial charge in [-0.25, -0.2) is 0 Å². The Morgan fingerprint density at radius 3 is 1.48 bits per heavy atom. The van der Waals surface area contributed by atoms with Crippen LogP contribution in [0.3, 0.4) is 0 Å². The van der Waals surface area contributed by atoms with E-state index >= 15 is 0 Å². The van der Waals surface area contributed by atoms with E-state index in [4.69, 9.17) is 23.7 Å². The molecule has 0 saturated carbocycles. The Morgan fingerprint density at radius 2 is 1.07 bits per heavy atom. The second kappa shape index (κ2) is 14.7. The zero-order valence-corrected chi connectivity index (χ0v) is 16.3. The molecule has 0 spiro atoms. The number of hydrogen-bond acceptors (Lipinski definition) is 6. The molecule has 1 aliphatic rings. The summed E-state index contributed by atoms with van der Waals surface area (Å²) < 4.78 is 27.8. The van der Waals surface area contributed by atoms with Crippen molar-refractivity contribution in [1.29, 1.82) is 0 Å². The molecule has 1 saturated heterocycles. The maximum atomic E-state index is 5.70. The van der Waals surface area contributed by atoms with Crippen LogP contribution < -0.4 is 0 Å². The first kappa shape index (κ1) is 22.0. The summed E-state index contributed by atoms with van der Waals surface area (Å²) in [5.41, 5.74) is 2.41. The highest BCUT2D eigenvalue weighted by Crippen LogP contribution is 2.08. The van der Waals surface area contributed by atoms with E-state index in [2.05, 4.69) is 35.7 Å². The molecule has 0 atom stereocenters. The molecule has 1 aromatic rings. The molecule has 0 unspecified atom stereocenters. The molecule has 1 heterocycles. The molecule has 27 heavy (non-hydrogen) atoms. The molecule has 0 bridgehead atoms. The van der Waals surface area contributed by atoms with Gasteiger partial charge in [0.25, 0.3) is 0 Å². The zero-order chi connectivity index (χ0) is 19.0. The largest absolute Gasteiger partial charge is 0.378 e. The van der Waals surface area contributed by atoms with Crippen molar-refractivity contribution in [3.8, 4) is 0 Å². The summed E-state index contributed by atoms with van der Waals surface area (Å²) in [5.74, 6) is 0. The van der Waals surface area contributed by atoms with Crippen LogP contribution in [-0.2, 0) is 30.2 Å². The van der Waals surface area contributed by atoms with E-state index in [1.165, 1.54) is 5.56 Å². The summed E-state index contributed by atoms with van der Waals surface area (Å²) in [6, 6.07) is 8.48. The Bertz CT molecular complexity index is 476. The van der Waals surface area contributed by atoms with Crippen molar-refractivity contribution in [2.45, 2.75) is 6.54 Å². The van der Waals surface area contributed by atoms with Crippen molar-refractivity contribution in [2.24, 2.45) is 0 Å². The third kappa shape index (κ3) is 10.6. The van der Waals surface area contributed by atoms with Crippen LogP contribution in [0.5, 0.6) is 0 Å². The monoisotopic (exact) mass is 379 g/mol. The topological polar surface area (TPSA) is 49.4 Å². The summed E-state index contributed by atoms with van der Waals surface area (Å²) in [6.07, 6.45) is 1.86. The lowest BCUT2D eigenvalue weighted by Gasteiger charge is -2.22. The van der Waals surface area contributed by atoms with Gasteiger partial charge in [-0.1, -0.05) is 36.9 Å². The van der Waals surface area contributed by atoms with Crippen molar-refractivity contribution < 1.29 is 23.7 Å². The molecule has 0 aromatic heterocycles. The smallest absolute Gasteiger partial charge is 0.0701 e. The fourth-order valence-electron chi connectivity index (χ4n) is 2.66. The summed E-state index contributed by atoms with van der Waals surface area (Å²) in [5, 5.41) is 0. The number of benzene rings is 1. The Labute approximate surface area is 163 Å². The summed E-state index contributed by atoms with van der Waals surface area (Å²) in [4.78, 5) is 2.35. The van der Waals surface area contributed by atoms with E-state index in [0.29, 0.717) is 66.1 Å². The van der Waals surface area contributed by atoms with Crippen LogP contribution in [0.15, 0.2) is 30.8 Å². The highest BCUT2D eigenvalue weighted by Gasteiger charge is 2.07. The predicted octanol–water partition coefficient (Wildman–Crippen LogP) is 2.23. The van der Waals surface area contributed by atoms with Gasteiger partial charge in [0.1, 0.15) is 0 Å². The van der Waals surface area contributed by atoms with Gasteiger partial charge in [0.2, 0.25) is 0 Å². The van der Waals surface area contributed by atoms with E-state index in [-0.39, 0.29) is 0 Å². The number of ether oxygens (including phenoxy) is 5. The SMILES string of the molecule is C=Cc1ccc(CN2CCOCCOCCOCCOCCOCC2)cc1.